The van der Waals surface area contributed by atoms with Crippen molar-refractivity contribution in [1.82, 2.24) is 4.90 Å². The van der Waals surface area contributed by atoms with Crippen molar-refractivity contribution in [1.29, 1.82) is 5.26 Å². The van der Waals surface area contributed by atoms with Crippen LogP contribution >= 0.6 is 0 Å². The molecule has 1 unspecified atom stereocenters. The minimum atomic E-state index is 0.461. The number of likely N-dealkylation sites (N-methyl/N-ethyl adjacent to an activating group) is 1. The van der Waals surface area contributed by atoms with E-state index in [4.69, 9.17) is 0 Å². The van der Waals surface area contributed by atoms with Crippen molar-refractivity contribution in [2.24, 2.45) is 0 Å². The molecule has 0 bridgehead atoms. The SMILES string of the molecule is Cc1ccc(C#N)c(N2CCN(C)CC2C)c1. The molecule has 1 aromatic carbocycles. The predicted molar refractivity (Wildman–Crippen MR) is 70.2 cm³/mol. The maximum atomic E-state index is 9.19. The molecule has 0 amide bonds. The maximum Gasteiger partial charge on any atom is 0.101 e. The maximum absolute atomic E-state index is 9.19. The van der Waals surface area contributed by atoms with E-state index in [1.807, 2.05) is 12.1 Å². The number of nitriles is 1. The van der Waals surface area contributed by atoms with Gasteiger partial charge in [-0.05, 0) is 38.6 Å². The van der Waals surface area contributed by atoms with Crippen LogP contribution in [0.4, 0.5) is 5.69 Å². The summed E-state index contributed by atoms with van der Waals surface area (Å²) in [5.74, 6) is 0. The number of hydrogen-bond acceptors (Lipinski definition) is 3. The second-order valence-electron chi connectivity index (χ2n) is 4.94. The fraction of sp³-hybridized carbons (Fsp3) is 0.500. The van der Waals surface area contributed by atoms with Crippen molar-refractivity contribution in [3.8, 4) is 6.07 Å². The molecule has 1 saturated heterocycles. The molecule has 3 nitrogen and oxygen atoms in total. The Morgan fingerprint density at radius 2 is 2.12 bits per heavy atom. The molecule has 2 rings (SSSR count). The summed E-state index contributed by atoms with van der Waals surface area (Å²) in [7, 11) is 2.15. The Balaban J connectivity index is 2.33. The average Bonchev–Trinajstić information content (AvgIpc) is 2.29. The Morgan fingerprint density at radius 1 is 1.35 bits per heavy atom. The number of benzene rings is 1. The summed E-state index contributed by atoms with van der Waals surface area (Å²) in [6, 6.07) is 8.81. The lowest BCUT2D eigenvalue weighted by atomic mass is 10.1. The lowest BCUT2D eigenvalue weighted by molar-refractivity contribution is 0.275. The highest BCUT2D eigenvalue weighted by Crippen LogP contribution is 2.25. The normalized spacial score (nSPS) is 21.3. The van der Waals surface area contributed by atoms with Crippen LogP contribution in [-0.4, -0.2) is 37.6 Å². The molecule has 1 heterocycles. The zero-order chi connectivity index (χ0) is 12.4. The Kier molecular flexibility index (Phi) is 3.35. The van der Waals surface area contributed by atoms with Gasteiger partial charge in [-0.15, -0.1) is 0 Å². The minimum absolute atomic E-state index is 0.461. The van der Waals surface area contributed by atoms with Crippen LogP contribution in [0.5, 0.6) is 0 Å². The van der Waals surface area contributed by atoms with E-state index in [0.29, 0.717) is 6.04 Å². The summed E-state index contributed by atoms with van der Waals surface area (Å²) in [6.45, 7) is 7.41. The molecule has 1 aliphatic heterocycles. The number of nitrogens with zero attached hydrogens (tertiary/aromatic N) is 3. The van der Waals surface area contributed by atoms with Gasteiger partial charge in [0.05, 0.1) is 11.3 Å². The average molecular weight is 229 g/mol. The van der Waals surface area contributed by atoms with Gasteiger partial charge in [-0.1, -0.05) is 6.07 Å². The Hall–Kier alpha value is -1.53. The summed E-state index contributed by atoms with van der Waals surface area (Å²) in [5.41, 5.74) is 3.09. The topological polar surface area (TPSA) is 30.3 Å². The van der Waals surface area contributed by atoms with E-state index >= 15 is 0 Å². The number of anilines is 1. The number of piperazine rings is 1. The Labute approximate surface area is 103 Å². The van der Waals surface area contributed by atoms with Crippen molar-refractivity contribution in [2.45, 2.75) is 19.9 Å². The van der Waals surface area contributed by atoms with Gasteiger partial charge in [0.15, 0.2) is 0 Å². The molecule has 90 valence electrons. The van der Waals surface area contributed by atoms with Crippen LogP contribution in [0, 0.1) is 18.3 Å². The van der Waals surface area contributed by atoms with E-state index in [-0.39, 0.29) is 0 Å². The van der Waals surface area contributed by atoms with E-state index in [1.165, 1.54) is 5.56 Å². The molecular formula is C14H19N3. The lowest BCUT2D eigenvalue weighted by Crippen LogP contribution is -2.50. The minimum Gasteiger partial charge on any atom is -0.365 e. The van der Waals surface area contributed by atoms with Gasteiger partial charge in [0.1, 0.15) is 6.07 Å². The van der Waals surface area contributed by atoms with Crippen molar-refractivity contribution in [3.05, 3.63) is 29.3 Å². The molecular weight excluding hydrogens is 210 g/mol. The quantitative estimate of drug-likeness (QED) is 0.738. The molecule has 17 heavy (non-hydrogen) atoms. The number of aryl methyl sites for hydroxylation is 1. The molecule has 3 heteroatoms. The van der Waals surface area contributed by atoms with Crippen LogP contribution in [-0.2, 0) is 0 Å². The fourth-order valence-electron chi connectivity index (χ4n) is 2.47. The number of rotatable bonds is 1. The second-order valence-corrected chi connectivity index (χ2v) is 4.94. The molecule has 1 aromatic rings. The van der Waals surface area contributed by atoms with Gasteiger partial charge in [0.25, 0.3) is 0 Å². The molecule has 1 fully saturated rings. The third-order valence-corrected chi connectivity index (χ3v) is 3.41. The Bertz CT molecular complexity index is 447. The third-order valence-electron chi connectivity index (χ3n) is 3.41. The van der Waals surface area contributed by atoms with Crippen molar-refractivity contribution in [2.75, 3.05) is 31.6 Å². The van der Waals surface area contributed by atoms with Gasteiger partial charge >= 0.3 is 0 Å². The van der Waals surface area contributed by atoms with Crippen LogP contribution in [0.1, 0.15) is 18.1 Å². The molecule has 0 spiro atoms. The highest BCUT2D eigenvalue weighted by Gasteiger charge is 2.23. The molecule has 1 atom stereocenters. The van der Waals surface area contributed by atoms with E-state index in [2.05, 4.69) is 42.8 Å². The summed E-state index contributed by atoms with van der Waals surface area (Å²) < 4.78 is 0. The first-order valence-electron chi connectivity index (χ1n) is 6.07. The third kappa shape index (κ3) is 2.42. The van der Waals surface area contributed by atoms with Gasteiger partial charge < -0.3 is 9.80 Å². The zero-order valence-electron chi connectivity index (χ0n) is 10.8. The van der Waals surface area contributed by atoms with Crippen LogP contribution in [0.2, 0.25) is 0 Å². The standard InChI is InChI=1S/C14H19N3/c1-11-4-5-13(9-15)14(8-11)17-7-6-16(3)10-12(17)2/h4-5,8,12H,6-7,10H2,1-3H3. The fourth-order valence-corrected chi connectivity index (χ4v) is 2.47. The highest BCUT2D eigenvalue weighted by molar-refractivity contribution is 5.61. The van der Waals surface area contributed by atoms with Crippen LogP contribution in [0.3, 0.4) is 0 Å². The summed E-state index contributed by atoms with van der Waals surface area (Å²) in [6.07, 6.45) is 0. The summed E-state index contributed by atoms with van der Waals surface area (Å²) in [5, 5.41) is 9.19. The molecule has 0 radical (unpaired) electrons. The Morgan fingerprint density at radius 3 is 2.76 bits per heavy atom. The zero-order valence-corrected chi connectivity index (χ0v) is 10.8. The molecule has 0 aliphatic carbocycles. The predicted octanol–water partition coefficient (Wildman–Crippen LogP) is 2.01. The molecule has 0 aromatic heterocycles. The first kappa shape index (κ1) is 11.9. The first-order valence-corrected chi connectivity index (χ1v) is 6.07. The largest absolute Gasteiger partial charge is 0.365 e. The van der Waals surface area contributed by atoms with Crippen molar-refractivity contribution < 1.29 is 0 Å². The van der Waals surface area contributed by atoms with Gasteiger partial charge in [0, 0.05) is 25.7 Å². The molecule has 0 N–H and O–H groups in total. The van der Waals surface area contributed by atoms with Crippen LogP contribution in [0.25, 0.3) is 0 Å². The van der Waals surface area contributed by atoms with E-state index < -0.39 is 0 Å². The lowest BCUT2D eigenvalue weighted by Gasteiger charge is -2.40. The van der Waals surface area contributed by atoms with Crippen LogP contribution in [0.15, 0.2) is 18.2 Å². The van der Waals surface area contributed by atoms with Gasteiger partial charge in [-0.2, -0.15) is 5.26 Å². The smallest absolute Gasteiger partial charge is 0.101 e. The van der Waals surface area contributed by atoms with E-state index in [9.17, 15) is 5.26 Å². The molecule has 1 aliphatic rings. The number of hydrogen-bond donors (Lipinski definition) is 0. The van der Waals surface area contributed by atoms with Crippen molar-refractivity contribution >= 4 is 5.69 Å². The van der Waals surface area contributed by atoms with Crippen molar-refractivity contribution in [3.63, 3.8) is 0 Å². The summed E-state index contributed by atoms with van der Waals surface area (Å²) >= 11 is 0. The summed E-state index contributed by atoms with van der Waals surface area (Å²) in [4.78, 5) is 4.69. The van der Waals surface area contributed by atoms with Crippen LogP contribution < -0.4 is 4.90 Å². The van der Waals surface area contributed by atoms with E-state index in [1.54, 1.807) is 0 Å². The van der Waals surface area contributed by atoms with Gasteiger partial charge in [-0.3, -0.25) is 0 Å². The second kappa shape index (κ2) is 4.77. The highest BCUT2D eigenvalue weighted by atomic mass is 15.3. The van der Waals surface area contributed by atoms with Gasteiger partial charge in [-0.25, -0.2) is 0 Å². The monoisotopic (exact) mass is 229 g/mol. The molecule has 0 saturated carbocycles. The van der Waals surface area contributed by atoms with Gasteiger partial charge in [0.2, 0.25) is 0 Å². The first-order chi connectivity index (χ1) is 8.11. The van der Waals surface area contributed by atoms with E-state index in [0.717, 1.165) is 30.9 Å².